The Bertz CT molecular complexity index is 1000. The summed E-state index contributed by atoms with van der Waals surface area (Å²) in [7, 11) is 0. The molecule has 0 aliphatic heterocycles. The zero-order valence-electron chi connectivity index (χ0n) is 26.1. The van der Waals surface area contributed by atoms with Gasteiger partial charge in [-0.05, 0) is 29.9 Å². The first kappa shape index (κ1) is 37.9. The SMILES string of the molecule is CCCCCCCCCCCCCCCCCC([O-])=N[C@H](C(=O)N[C@H](Cc1ccccc1)C(=O)O)c1ccccc1.[Na+]. The van der Waals surface area contributed by atoms with Gasteiger partial charge in [0.05, 0.1) is 0 Å². The molecule has 0 unspecified atom stereocenters. The number of hydrogen-bond acceptors (Lipinski definition) is 4. The van der Waals surface area contributed by atoms with Crippen molar-refractivity contribution in [2.24, 2.45) is 4.99 Å². The van der Waals surface area contributed by atoms with Crippen molar-refractivity contribution >= 4 is 17.8 Å². The maximum Gasteiger partial charge on any atom is 1.00 e. The van der Waals surface area contributed by atoms with Crippen molar-refractivity contribution in [2.75, 3.05) is 0 Å². The summed E-state index contributed by atoms with van der Waals surface area (Å²) in [5, 5.41) is 25.0. The van der Waals surface area contributed by atoms with E-state index in [0.29, 0.717) is 12.0 Å². The van der Waals surface area contributed by atoms with Gasteiger partial charge >= 0.3 is 35.5 Å². The van der Waals surface area contributed by atoms with Crippen LogP contribution in [0, 0.1) is 0 Å². The molecule has 0 fully saturated rings. The largest absolute Gasteiger partial charge is 1.00 e. The predicted octanol–water partition coefficient (Wildman–Crippen LogP) is 4.56. The molecule has 0 saturated heterocycles. The van der Waals surface area contributed by atoms with Gasteiger partial charge in [-0.2, -0.15) is 0 Å². The third-order valence-corrected chi connectivity index (χ3v) is 7.53. The molecule has 0 radical (unpaired) electrons. The molecule has 0 spiro atoms. The van der Waals surface area contributed by atoms with Gasteiger partial charge in [-0.25, -0.2) is 4.79 Å². The summed E-state index contributed by atoms with van der Waals surface area (Å²) in [6.45, 7) is 2.26. The Hall–Kier alpha value is -2.15. The zero-order valence-corrected chi connectivity index (χ0v) is 28.1. The molecule has 2 rings (SSSR count). The topological polar surface area (TPSA) is 102 Å². The Morgan fingerprint density at radius 1 is 0.738 bits per heavy atom. The molecule has 42 heavy (non-hydrogen) atoms. The van der Waals surface area contributed by atoms with E-state index in [0.717, 1.165) is 24.8 Å². The first-order valence-corrected chi connectivity index (χ1v) is 15.9. The van der Waals surface area contributed by atoms with Crippen molar-refractivity contribution in [3.8, 4) is 0 Å². The average Bonchev–Trinajstić information content (AvgIpc) is 2.98. The molecule has 0 aliphatic rings. The van der Waals surface area contributed by atoms with Crippen molar-refractivity contribution in [3.05, 3.63) is 71.8 Å². The zero-order chi connectivity index (χ0) is 29.5. The molecule has 2 aromatic rings. The van der Waals surface area contributed by atoms with Crippen LogP contribution in [0.15, 0.2) is 65.7 Å². The first-order valence-electron chi connectivity index (χ1n) is 15.9. The number of carboxylic acids is 1. The van der Waals surface area contributed by atoms with Gasteiger partial charge < -0.3 is 15.5 Å². The van der Waals surface area contributed by atoms with E-state index in [9.17, 15) is 19.8 Å². The van der Waals surface area contributed by atoms with Crippen LogP contribution in [0.3, 0.4) is 0 Å². The molecule has 0 bridgehead atoms. The summed E-state index contributed by atoms with van der Waals surface area (Å²) < 4.78 is 0. The number of rotatable bonds is 23. The summed E-state index contributed by atoms with van der Waals surface area (Å²) >= 11 is 0. The van der Waals surface area contributed by atoms with E-state index in [-0.39, 0.29) is 41.9 Å². The number of nitrogens with zero attached hydrogens (tertiary/aromatic N) is 1. The van der Waals surface area contributed by atoms with Gasteiger partial charge in [0, 0.05) is 6.42 Å². The fourth-order valence-corrected chi connectivity index (χ4v) is 5.08. The van der Waals surface area contributed by atoms with E-state index < -0.39 is 24.0 Å². The maximum absolute atomic E-state index is 13.2. The Morgan fingerprint density at radius 2 is 1.19 bits per heavy atom. The number of carboxylic acid groups (broad SMARTS) is 1. The summed E-state index contributed by atoms with van der Waals surface area (Å²) in [5.41, 5.74) is 1.37. The van der Waals surface area contributed by atoms with Gasteiger partial charge in [-0.15, -0.1) is 0 Å². The van der Waals surface area contributed by atoms with Crippen LogP contribution >= 0.6 is 0 Å². The molecule has 2 atom stereocenters. The van der Waals surface area contributed by atoms with Crippen LogP contribution in [-0.2, 0) is 16.0 Å². The van der Waals surface area contributed by atoms with Crippen LogP contribution in [0.25, 0.3) is 0 Å². The van der Waals surface area contributed by atoms with Crippen molar-refractivity contribution in [1.82, 2.24) is 5.32 Å². The second kappa shape index (κ2) is 24.3. The van der Waals surface area contributed by atoms with Crippen molar-refractivity contribution < 1.29 is 49.4 Å². The second-order valence-corrected chi connectivity index (χ2v) is 11.1. The molecular formula is C35H51N2NaO4. The maximum atomic E-state index is 13.2. The Morgan fingerprint density at radius 3 is 1.67 bits per heavy atom. The van der Waals surface area contributed by atoms with Gasteiger partial charge in [0.25, 0.3) is 0 Å². The fraction of sp³-hybridized carbons (Fsp3) is 0.571. The van der Waals surface area contributed by atoms with E-state index in [4.69, 9.17) is 0 Å². The standard InChI is InChI=1S/C35H52N2O4.Na/c1-2-3-4-5-6-7-8-9-10-11-12-13-14-15-22-27-32(38)37-33(30-25-20-17-21-26-30)34(39)36-31(35(40)41)28-29-23-18-16-19-24-29;/h16-21,23-26,31,33H,2-15,22,27-28H2,1H3,(H,36,39)(H,37,38)(H,40,41);/q;+1/p-1/t31-,33+;/m1./s1. The number of aliphatic carboxylic acids is 1. The van der Waals surface area contributed by atoms with Crippen LogP contribution in [0.2, 0.25) is 0 Å². The van der Waals surface area contributed by atoms with Gasteiger partial charge in [-0.3, -0.25) is 9.79 Å². The quantitative estimate of drug-likeness (QED) is 0.0863. The van der Waals surface area contributed by atoms with Crippen LogP contribution in [0.5, 0.6) is 0 Å². The fourth-order valence-electron chi connectivity index (χ4n) is 5.08. The van der Waals surface area contributed by atoms with Crippen LogP contribution in [0.4, 0.5) is 0 Å². The summed E-state index contributed by atoms with van der Waals surface area (Å²) in [4.78, 5) is 29.3. The number of aliphatic imine (C=N–C) groups is 1. The minimum Gasteiger partial charge on any atom is -0.862 e. The number of carbonyl (C=O) groups excluding carboxylic acids is 1. The Balaban J connectivity index is 0.00000882. The third kappa shape index (κ3) is 17.1. The minimum absolute atomic E-state index is 0. The molecular weight excluding hydrogens is 535 g/mol. The number of hydrogen-bond donors (Lipinski definition) is 2. The molecule has 7 heteroatoms. The van der Waals surface area contributed by atoms with Crippen molar-refractivity contribution in [3.63, 3.8) is 0 Å². The minimum atomic E-state index is -1.13. The van der Waals surface area contributed by atoms with Crippen molar-refractivity contribution in [1.29, 1.82) is 0 Å². The van der Waals surface area contributed by atoms with Gasteiger partial charge in [0.2, 0.25) is 5.91 Å². The number of nitrogens with one attached hydrogen (secondary N) is 1. The molecule has 2 aromatic carbocycles. The molecule has 0 aromatic heterocycles. The van der Waals surface area contributed by atoms with E-state index in [1.165, 1.54) is 77.0 Å². The smallest absolute Gasteiger partial charge is 0.862 e. The van der Waals surface area contributed by atoms with E-state index in [2.05, 4.69) is 17.2 Å². The van der Waals surface area contributed by atoms with E-state index in [1.54, 1.807) is 24.3 Å². The van der Waals surface area contributed by atoms with Gasteiger partial charge in [-0.1, -0.05) is 157 Å². The van der Waals surface area contributed by atoms with E-state index >= 15 is 0 Å². The van der Waals surface area contributed by atoms with Gasteiger partial charge in [0.15, 0.2) is 6.04 Å². The van der Waals surface area contributed by atoms with Gasteiger partial charge in [0.1, 0.15) is 6.04 Å². The van der Waals surface area contributed by atoms with E-state index in [1.807, 2.05) is 36.4 Å². The Kier molecular flexibility index (Phi) is 21.9. The number of carbonyl (C=O) groups is 2. The molecule has 226 valence electrons. The summed E-state index contributed by atoms with van der Waals surface area (Å²) in [6, 6.07) is 15.8. The second-order valence-electron chi connectivity index (χ2n) is 11.1. The molecule has 0 saturated carbocycles. The number of unbranched alkanes of at least 4 members (excludes halogenated alkanes) is 14. The number of benzene rings is 2. The number of amides is 1. The van der Waals surface area contributed by atoms with Crippen LogP contribution in [-0.4, -0.2) is 28.9 Å². The summed E-state index contributed by atoms with van der Waals surface area (Å²) in [6.07, 6.45) is 19.3. The predicted molar refractivity (Wildman–Crippen MR) is 166 cm³/mol. The summed E-state index contributed by atoms with van der Waals surface area (Å²) in [5.74, 6) is -2.03. The molecule has 1 amide bonds. The van der Waals surface area contributed by atoms with Crippen LogP contribution in [0.1, 0.15) is 127 Å². The first-order chi connectivity index (χ1) is 20.0. The van der Waals surface area contributed by atoms with Crippen molar-refractivity contribution in [2.45, 2.75) is 128 Å². The molecule has 6 nitrogen and oxygen atoms in total. The molecule has 0 heterocycles. The monoisotopic (exact) mass is 586 g/mol. The molecule has 0 aliphatic carbocycles. The average molecular weight is 587 g/mol. The van der Waals surface area contributed by atoms with Crippen LogP contribution < -0.4 is 40.0 Å². The Labute approximate surface area is 276 Å². The normalized spacial score (nSPS) is 12.7. The molecule has 2 N–H and O–H groups in total. The third-order valence-electron chi connectivity index (χ3n) is 7.53.